The molecule has 0 bridgehead atoms. The summed E-state index contributed by atoms with van der Waals surface area (Å²) in [5, 5.41) is 3.09. The molecular weight excluding hydrogens is 528 g/mol. The van der Waals surface area contributed by atoms with Crippen LogP contribution in [0, 0.1) is 6.92 Å². The molecule has 4 aromatic rings. The number of hydrogen-bond donors (Lipinski definition) is 1. The summed E-state index contributed by atoms with van der Waals surface area (Å²) in [6, 6.07) is 30.4. The molecule has 8 heteroatoms. The first-order valence-corrected chi connectivity index (χ1v) is 15.3. The van der Waals surface area contributed by atoms with Crippen LogP contribution in [0.5, 0.6) is 5.75 Å². The maximum atomic E-state index is 13.9. The summed E-state index contributed by atoms with van der Waals surface area (Å²) in [4.78, 5) is 14.7. The van der Waals surface area contributed by atoms with Crippen molar-refractivity contribution in [2.24, 2.45) is 0 Å². The number of anilines is 1. The lowest BCUT2D eigenvalue weighted by molar-refractivity contribution is -0.120. The Balaban J connectivity index is 1.69. The van der Waals surface area contributed by atoms with Crippen LogP contribution >= 0.6 is 11.8 Å². The quantitative estimate of drug-likeness (QED) is 0.221. The first-order chi connectivity index (χ1) is 18.8. The molecule has 0 aliphatic rings. The van der Waals surface area contributed by atoms with E-state index >= 15 is 0 Å². The minimum Gasteiger partial charge on any atom is -0.494 e. The van der Waals surface area contributed by atoms with Crippen LogP contribution < -0.4 is 14.4 Å². The Morgan fingerprint density at radius 2 is 1.54 bits per heavy atom. The van der Waals surface area contributed by atoms with Gasteiger partial charge in [0.25, 0.3) is 10.0 Å². The number of benzene rings is 4. The number of thioether (sulfide) groups is 1. The third-order valence-electron chi connectivity index (χ3n) is 6.31. The summed E-state index contributed by atoms with van der Waals surface area (Å²) in [7, 11) is -4.05. The molecule has 0 aliphatic heterocycles. The Kier molecular flexibility index (Phi) is 9.32. The van der Waals surface area contributed by atoms with Gasteiger partial charge in [0.15, 0.2) is 0 Å². The van der Waals surface area contributed by atoms with E-state index < -0.39 is 28.5 Å². The van der Waals surface area contributed by atoms with Crippen molar-refractivity contribution in [3.05, 3.63) is 120 Å². The van der Waals surface area contributed by atoms with E-state index in [0.29, 0.717) is 18.0 Å². The van der Waals surface area contributed by atoms with E-state index in [1.807, 2.05) is 74.7 Å². The van der Waals surface area contributed by atoms with Gasteiger partial charge in [0, 0.05) is 4.90 Å². The molecule has 0 heterocycles. The number of carbonyl (C=O) groups excluding carboxylic acids is 1. The van der Waals surface area contributed by atoms with Crippen molar-refractivity contribution in [3.63, 3.8) is 0 Å². The van der Waals surface area contributed by atoms with E-state index in [4.69, 9.17) is 4.74 Å². The lowest BCUT2D eigenvalue weighted by Gasteiger charge is -2.27. The number of ether oxygens (including phenoxy) is 1. The second kappa shape index (κ2) is 12.9. The van der Waals surface area contributed by atoms with Gasteiger partial charge in [-0.3, -0.25) is 9.10 Å². The Hall–Kier alpha value is -3.75. The van der Waals surface area contributed by atoms with Gasteiger partial charge in [-0.1, -0.05) is 54.6 Å². The zero-order valence-corrected chi connectivity index (χ0v) is 23.8. The number of nitrogens with zero attached hydrogens (tertiary/aromatic N) is 1. The van der Waals surface area contributed by atoms with Crippen LogP contribution in [-0.2, 0) is 14.8 Å². The topological polar surface area (TPSA) is 75.7 Å². The summed E-state index contributed by atoms with van der Waals surface area (Å²) in [6.07, 6.45) is 1.93. The fourth-order valence-corrected chi connectivity index (χ4v) is 6.13. The van der Waals surface area contributed by atoms with E-state index in [1.165, 1.54) is 11.8 Å². The summed E-state index contributed by atoms with van der Waals surface area (Å²) in [6.45, 7) is 3.97. The average Bonchev–Trinajstić information content (AvgIpc) is 2.96. The Labute approximate surface area is 235 Å². The number of sulfonamides is 1. The Morgan fingerprint density at radius 1 is 0.897 bits per heavy atom. The highest BCUT2D eigenvalue weighted by Gasteiger charge is 2.29. The van der Waals surface area contributed by atoms with Crippen molar-refractivity contribution in [3.8, 4) is 5.75 Å². The minimum atomic E-state index is -4.05. The van der Waals surface area contributed by atoms with Crippen LogP contribution in [0.25, 0.3) is 0 Å². The van der Waals surface area contributed by atoms with Crippen LogP contribution in [0.4, 0.5) is 5.69 Å². The molecule has 39 heavy (non-hydrogen) atoms. The monoisotopic (exact) mass is 560 g/mol. The van der Waals surface area contributed by atoms with Gasteiger partial charge < -0.3 is 10.1 Å². The summed E-state index contributed by atoms with van der Waals surface area (Å²) >= 11 is 1.53. The first kappa shape index (κ1) is 28.3. The zero-order valence-electron chi connectivity index (χ0n) is 22.2. The number of aryl methyl sites for hydroxylation is 1. The van der Waals surface area contributed by atoms with Gasteiger partial charge in [0.05, 0.1) is 23.2 Å². The van der Waals surface area contributed by atoms with Crippen LogP contribution in [-0.4, -0.2) is 33.7 Å². The second-order valence-electron chi connectivity index (χ2n) is 8.88. The molecule has 0 unspecified atom stereocenters. The normalized spacial score (nSPS) is 12.0. The predicted octanol–water partition coefficient (Wildman–Crippen LogP) is 6.22. The second-order valence-corrected chi connectivity index (χ2v) is 11.6. The van der Waals surface area contributed by atoms with Crippen molar-refractivity contribution in [1.82, 2.24) is 5.32 Å². The maximum absolute atomic E-state index is 13.9. The van der Waals surface area contributed by atoms with Crippen molar-refractivity contribution in [1.29, 1.82) is 0 Å². The van der Waals surface area contributed by atoms with Crippen LogP contribution in [0.1, 0.15) is 29.7 Å². The molecule has 4 rings (SSSR count). The van der Waals surface area contributed by atoms with Gasteiger partial charge in [0.2, 0.25) is 5.91 Å². The molecule has 4 aromatic carbocycles. The lowest BCUT2D eigenvalue weighted by atomic mass is 9.95. The molecule has 6 nitrogen and oxygen atoms in total. The van der Waals surface area contributed by atoms with E-state index in [0.717, 1.165) is 25.9 Å². The molecule has 0 fully saturated rings. The van der Waals surface area contributed by atoms with Gasteiger partial charge in [0.1, 0.15) is 12.3 Å². The van der Waals surface area contributed by atoms with Gasteiger partial charge in [-0.05, 0) is 85.3 Å². The molecular formula is C31H32N2O4S2. The highest BCUT2D eigenvalue weighted by atomic mass is 32.2. The summed E-state index contributed by atoms with van der Waals surface area (Å²) < 4.78 is 34.4. The number of rotatable bonds is 11. The average molecular weight is 561 g/mol. The Bertz CT molecular complexity index is 1490. The van der Waals surface area contributed by atoms with E-state index in [2.05, 4.69) is 5.32 Å². The maximum Gasteiger partial charge on any atom is 0.264 e. The molecule has 0 saturated carbocycles. The van der Waals surface area contributed by atoms with Crippen LogP contribution in [0.2, 0.25) is 0 Å². The molecule has 1 N–H and O–H groups in total. The lowest BCUT2D eigenvalue weighted by Crippen LogP contribution is -2.42. The van der Waals surface area contributed by atoms with E-state index in [9.17, 15) is 13.2 Å². The minimum absolute atomic E-state index is 0.112. The number of nitrogens with one attached hydrogen (secondary N) is 1. The summed E-state index contributed by atoms with van der Waals surface area (Å²) in [5.41, 5.74) is 3.25. The third kappa shape index (κ3) is 6.82. The van der Waals surface area contributed by atoms with Gasteiger partial charge in [-0.25, -0.2) is 8.42 Å². The molecule has 202 valence electrons. The molecule has 0 radical (unpaired) electrons. The molecule has 0 aromatic heterocycles. The van der Waals surface area contributed by atoms with Crippen LogP contribution in [0.3, 0.4) is 0 Å². The third-order valence-corrected chi connectivity index (χ3v) is 8.84. The van der Waals surface area contributed by atoms with E-state index in [-0.39, 0.29) is 4.90 Å². The number of amides is 1. The largest absolute Gasteiger partial charge is 0.494 e. The fourth-order valence-electron chi connectivity index (χ4n) is 4.30. The Morgan fingerprint density at radius 3 is 2.15 bits per heavy atom. The SMILES string of the molecule is CCOc1ccc(N(CC(=O)N[C@@H](c2ccccc2)c2ccccc2C)S(=O)(=O)c2ccc(SC)cc2)cc1. The smallest absolute Gasteiger partial charge is 0.264 e. The molecule has 1 atom stereocenters. The standard InChI is InChI=1S/C31H32N2O4S2/c1-4-37-26-16-14-25(15-17-26)33(39(35,36)28-20-18-27(38-3)19-21-28)22-30(34)32-31(24-11-6-5-7-12-24)29-13-9-8-10-23(29)2/h5-21,31H,4,22H2,1-3H3,(H,32,34)/t31-/m0/s1. The molecule has 0 aliphatic carbocycles. The number of hydrogen-bond acceptors (Lipinski definition) is 5. The van der Waals surface area contributed by atoms with Crippen LogP contribution in [0.15, 0.2) is 113 Å². The van der Waals surface area contributed by atoms with Gasteiger partial charge >= 0.3 is 0 Å². The van der Waals surface area contributed by atoms with Crippen molar-refractivity contribution in [2.75, 3.05) is 23.7 Å². The van der Waals surface area contributed by atoms with Crippen molar-refractivity contribution < 1.29 is 17.9 Å². The predicted molar refractivity (Wildman–Crippen MR) is 158 cm³/mol. The highest BCUT2D eigenvalue weighted by molar-refractivity contribution is 7.98. The highest BCUT2D eigenvalue weighted by Crippen LogP contribution is 2.28. The van der Waals surface area contributed by atoms with E-state index in [1.54, 1.807) is 48.5 Å². The number of carbonyl (C=O) groups is 1. The molecule has 1 amide bonds. The van der Waals surface area contributed by atoms with Gasteiger partial charge in [-0.2, -0.15) is 0 Å². The first-order valence-electron chi connectivity index (χ1n) is 12.6. The summed E-state index contributed by atoms with van der Waals surface area (Å²) in [5.74, 6) is 0.196. The molecule has 0 spiro atoms. The van der Waals surface area contributed by atoms with Crippen molar-refractivity contribution >= 4 is 33.4 Å². The van der Waals surface area contributed by atoms with Crippen molar-refractivity contribution in [2.45, 2.75) is 29.7 Å². The van der Waals surface area contributed by atoms with Gasteiger partial charge in [-0.15, -0.1) is 11.8 Å². The molecule has 0 saturated heterocycles. The zero-order chi connectivity index (χ0) is 27.8. The fraction of sp³-hybridized carbons (Fsp3) is 0.194.